The van der Waals surface area contributed by atoms with Crippen molar-refractivity contribution in [3.63, 3.8) is 0 Å². The van der Waals surface area contributed by atoms with Crippen molar-refractivity contribution in [1.29, 1.82) is 0 Å². The fraction of sp³-hybridized carbons (Fsp3) is 0.417. The van der Waals surface area contributed by atoms with Crippen molar-refractivity contribution in [2.45, 2.75) is 25.8 Å². The first-order valence-electron chi connectivity index (χ1n) is 5.26. The SMILES string of the molecule is CC(CCCBr)NC(=O)c1cccc(Cl)c1. The number of alkyl halides is 1. The summed E-state index contributed by atoms with van der Waals surface area (Å²) in [5.41, 5.74) is 0.609. The predicted octanol–water partition coefficient (Wildman–Crippen LogP) is 3.63. The third-order valence-electron chi connectivity index (χ3n) is 2.24. The molecule has 0 radical (unpaired) electrons. The molecule has 0 aliphatic heterocycles. The van der Waals surface area contributed by atoms with Crippen LogP contribution in [0, 0.1) is 0 Å². The van der Waals surface area contributed by atoms with Gasteiger partial charge in [-0.15, -0.1) is 0 Å². The lowest BCUT2D eigenvalue weighted by molar-refractivity contribution is 0.0938. The van der Waals surface area contributed by atoms with Crippen molar-refractivity contribution in [2.75, 3.05) is 5.33 Å². The third-order valence-corrected chi connectivity index (χ3v) is 3.03. The maximum atomic E-state index is 11.8. The molecule has 0 aromatic heterocycles. The number of hydrogen-bond donors (Lipinski definition) is 1. The summed E-state index contributed by atoms with van der Waals surface area (Å²) in [6.07, 6.45) is 2.02. The summed E-state index contributed by atoms with van der Waals surface area (Å²) in [5.74, 6) is -0.0652. The smallest absolute Gasteiger partial charge is 0.251 e. The van der Waals surface area contributed by atoms with Crippen LogP contribution in [0.4, 0.5) is 0 Å². The molecule has 0 heterocycles. The van der Waals surface area contributed by atoms with E-state index < -0.39 is 0 Å². The van der Waals surface area contributed by atoms with E-state index in [2.05, 4.69) is 21.2 Å². The number of halogens is 2. The molecule has 1 aromatic rings. The third kappa shape index (κ3) is 4.54. The van der Waals surface area contributed by atoms with E-state index in [0.29, 0.717) is 10.6 Å². The lowest BCUT2D eigenvalue weighted by atomic mass is 10.1. The summed E-state index contributed by atoms with van der Waals surface area (Å²) in [7, 11) is 0. The normalized spacial score (nSPS) is 12.2. The van der Waals surface area contributed by atoms with Gasteiger partial charge in [0.1, 0.15) is 0 Å². The van der Waals surface area contributed by atoms with Crippen molar-refractivity contribution < 1.29 is 4.79 Å². The summed E-state index contributed by atoms with van der Waals surface area (Å²) >= 11 is 9.19. The van der Waals surface area contributed by atoms with Gasteiger partial charge in [0.2, 0.25) is 0 Å². The lowest BCUT2D eigenvalue weighted by Gasteiger charge is -2.13. The first-order valence-corrected chi connectivity index (χ1v) is 6.76. The van der Waals surface area contributed by atoms with Crippen LogP contribution < -0.4 is 5.32 Å². The standard InChI is InChI=1S/C12H15BrClNO/c1-9(4-3-7-13)15-12(16)10-5-2-6-11(14)8-10/h2,5-6,8-9H,3-4,7H2,1H3,(H,15,16). The molecule has 2 nitrogen and oxygen atoms in total. The fourth-order valence-electron chi connectivity index (χ4n) is 1.39. The molecule has 0 aliphatic carbocycles. The van der Waals surface area contributed by atoms with Crippen LogP contribution in [0.3, 0.4) is 0 Å². The van der Waals surface area contributed by atoms with Crippen LogP contribution in [0.15, 0.2) is 24.3 Å². The molecule has 0 spiro atoms. The summed E-state index contributed by atoms with van der Waals surface area (Å²) < 4.78 is 0. The topological polar surface area (TPSA) is 29.1 Å². The van der Waals surface area contributed by atoms with Crippen molar-refractivity contribution in [2.24, 2.45) is 0 Å². The largest absolute Gasteiger partial charge is 0.350 e. The minimum atomic E-state index is -0.0652. The average molecular weight is 305 g/mol. The second kappa shape index (κ2) is 6.92. The molecular weight excluding hydrogens is 289 g/mol. The van der Waals surface area contributed by atoms with E-state index in [1.54, 1.807) is 24.3 Å². The summed E-state index contributed by atoms with van der Waals surface area (Å²) in [6.45, 7) is 2.01. The van der Waals surface area contributed by atoms with Crippen LogP contribution in [0.1, 0.15) is 30.1 Å². The second-order valence-electron chi connectivity index (χ2n) is 3.72. The van der Waals surface area contributed by atoms with Gasteiger partial charge in [-0.1, -0.05) is 33.6 Å². The number of benzene rings is 1. The highest BCUT2D eigenvalue weighted by Crippen LogP contribution is 2.11. The molecule has 1 rings (SSSR count). The highest BCUT2D eigenvalue weighted by Gasteiger charge is 2.09. The number of carbonyl (C=O) groups is 1. The van der Waals surface area contributed by atoms with Crippen molar-refractivity contribution >= 4 is 33.4 Å². The Hall–Kier alpha value is -0.540. The van der Waals surface area contributed by atoms with Gasteiger partial charge in [-0.3, -0.25) is 4.79 Å². The van der Waals surface area contributed by atoms with Crippen LogP contribution in [-0.2, 0) is 0 Å². The lowest BCUT2D eigenvalue weighted by Crippen LogP contribution is -2.32. The maximum absolute atomic E-state index is 11.8. The average Bonchev–Trinajstić information content (AvgIpc) is 2.26. The van der Waals surface area contributed by atoms with Gasteiger partial charge >= 0.3 is 0 Å². The van der Waals surface area contributed by atoms with Gasteiger partial charge in [0.25, 0.3) is 5.91 Å². The minimum Gasteiger partial charge on any atom is -0.350 e. The van der Waals surface area contributed by atoms with Gasteiger partial charge in [0.05, 0.1) is 0 Å². The van der Waals surface area contributed by atoms with Gasteiger partial charge in [-0.25, -0.2) is 0 Å². The molecule has 0 aliphatic rings. The zero-order valence-electron chi connectivity index (χ0n) is 9.17. The number of hydrogen-bond acceptors (Lipinski definition) is 1. The van der Waals surface area contributed by atoms with E-state index >= 15 is 0 Å². The zero-order chi connectivity index (χ0) is 12.0. The molecule has 1 N–H and O–H groups in total. The van der Waals surface area contributed by atoms with Crippen LogP contribution >= 0.6 is 27.5 Å². The highest BCUT2D eigenvalue weighted by atomic mass is 79.9. The Labute approximate surface area is 110 Å². The van der Waals surface area contributed by atoms with Crippen LogP contribution in [0.2, 0.25) is 5.02 Å². The Morgan fingerprint density at radius 2 is 2.31 bits per heavy atom. The monoisotopic (exact) mass is 303 g/mol. The zero-order valence-corrected chi connectivity index (χ0v) is 11.5. The molecule has 1 amide bonds. The van der Waals surface area contributed by atoms with Crippen LogP contribution in [0.25, 0.3) is 0 Å². The summed E-state index contributed by atoms with van der Waals surface area (Å²) in [5, 5.41) is 4.49. The summed E-state index contributed by atoms with van der Waals surface area (Å²) in [4.78, 5) is 11.8. The molecule has 1 unspecified atom stereocenters. The Bertz CT molecular complexity index is 357. The Morgan fingerprint density at radius 3 is 2.94 bits per heavy atom. The first kappa shape index (κ1) is 13.5. The second-order valence-corrected chi connectivity index (χ2v) is 4.95. The van der Waals surface area contributed by atoms with E-state index in [1.165, 1.54) is 0 Å². The molecule has 0 bridgehead atoms. The van der Waals surface area contributed by atoms with Gasteiger partial charge in [-0.2, -0.15) is 0 Å². The highest BCUT2D eigenvalue weighted by molar-refractivity contribution is 9.09. The molecule has 0 fully saturated rings. The predicted molar refractivity (Wildman–Crippen MR) is 71.4 cm³/mol. The maximum Gasteiger partial charge on any atom is 0.251 e. The van der Waals surface area contributed by atoms with E-state index in [-0.39, 0.29) is 11.9 Å². The number of rotatable bonds is 5. The molecule has 1 atom stereocenters. The van der Waals surface area contributed by atoms with Crippen molar-refractivity contribution in [1.82, 2.24) is 5.32 Å². The van der Waals surface area contributed by atoms with E-state index in [0.717, 1.165) is 18.2 Å². The van der Waals surface area contributed by atoms with Crippen LogP contribution in [0.5, 0.6) is 0 Å². The molecule has 1 aromatic carbocycles. The minimum absolute atomic E-state index is 0.0652. The molecule has 4 heteroatoms. The van der Waals surface area contributed by atoms with Crippen LogP contribution in [-0.4, -0.2) is 17.3 Å². The molecule has 0 saturated carbocycles. The Morgan fingerprint density at radius 1 is 1.56 bits per heavy atom. The molecule has 88 valence electrons. The van der Waals surface area contributed by atoms with Gasteiger partial charge in [0.15, 0.2) is 0 Å². The fourth-order valence-corrected chi connectivity index (χ4v) is 1.91. The Kier molecular flexibility index (Phi) is 5.85. The van der Waals surface area contributed by atoms with E-state index in [1.807, 2.05) is 6.92 Å². The quantitative estimate of drug-likeness (QED) is 0.827. The molecule has 0 saturated heterocycles. The van der Waals surface area contributed by atoms with Gasteiger partial charge in [-0.05, 0) is 38.0 Å². The number of nitrogens with one attached hydrogen (secondary N) is 1. The van der Waals surface area contributed by atoms with E-state index in [9.17, 15) is 4.79 Å². The number of carbonyl (C=O) groups excluding carboxylic acids is 1. The van der Waals surface area contributed by atoms with Crippen molar-refractivity contribution in [3.05, 3.63) is 34.9 Å². The first-order chi connectivity index (χ1) is 7.63. The Balaban J connectivity index is 2.52. The van der Waals surface area contributed by atoms with Gasteiger partial charge < -0.3 is 5.32 Å². The van der Waals surface area contributed by atoms with Crippen molar-refractivity contribution in [3.8, 4) is 0 Å². The van der Waals surface area contributed by atoms with Gasteiger partial charge in [0, 0.05) is 22.0 Å². The molecular formula is C12H15BrClNO. The summed E-state index contributed by atoms with van der Waals surface area (Å²) in [6, 6.07) is 7.16. The molecule has 16 heavy (non-hydrogen) atoms. The van der Waals surface area contributed by atoms with E-state index in [4.69, 9.17) is 11.6 Å². The number of amides is 1.